The van der Waals surface area contributed by atoms with Crippen molar-refractivity contribution in [3.63, 3.8) is 0 Å². The van der Waals surface area contributed by atoms with E-state index in [9.17, 15) is 9.90 Å². The highest BCUT2D eigenvalue weighted by Gasteiger charge is 2.50. The molecule has 6 nitrogen and oxygen atoms in total. The highest BCUT2D eigenvalue weighted by atomic mass is 28.4. The van der Waals surface area contributed by atoms with E-state index in [1.54, 1.807) is 0 Å². The van der Waals surface area contributed by atoms with E-state index in [1.165, 1.54) is 4.90 Å². The van der Waals surface area contributed by atoms with E-state index in [2.05, 4.69) is 33.9 Å². The highest BCUT2D eigenvalue weighted by molar-refractivity contribution is 6.74. The van der Waals surface area contributed by atoms with Crippen LogP contribution in [0.3, 0.4) is 0 Å². The van der Waals surface area contributed by atoms with Crippen LogP contribution in [-0.2, 0) is 13.7 Å². The van der Waals surface area contributed by atoms with Crippen LogP contribution in [-0.4, -0.2) is 61.9 Å². The van der Waals surface area contributed by atoms with Crippen LogP contribution in [0.2, 0.25) is 18.1 Å². The van der Waals surface area contributed by atoms with Gasteiger partial charge in [-0.05, 0) is 52.2 Å². The van der Waals surface area contributed by atoms with Gasteiger partial charge in [0.05, 0.1) is 23.9 Å². The molecule has 0 radical (unpaired) electrons. The van der Waals surface area contributed by atoms with E-state index >= 15 is 0 Å². The Labute approximate surface area is 165 Å². The van der Waals surface area contributed by atoms with Gasteiger partial charge in [-0.15, -0.1) is 0 Å². The molecule has 0 bridgehead atoms. The summed E-state index contributed by atoms with van der Waals surface area (Å²) in [6.45, 7) is 19.8. The zero-order chi connectivity index (χ0) is 20.8. The van der Waals surface area contributed by atoms with Crippen LogP contribution in [0.25, 0.3) is 0 Å². The predicted molar refractivity (Wildman–Crippen MR) is 110 cm³/mol. The smallest absolute Gasteiger partial charge is 0.465 e. The fourth-order valence-corrected chi connectivity index (χ4v) is 4.03. The van der Waals surface area contributed by atoms with Crippen molar-refractivity contribution in [2.24, 2.45) is 0 Å². The monoisotopic (exact) mass is 397 g/mol. The third kappa shape index (κ3) is 4.78. The van der Waals surface area contributed by atoms with Crippen molar-refractivity contribution in [3.8, 4) is 0 Å². The number of hydrogen-bond acceptors (Lipinski definition) is 4. The molecular formula is C19H36BNO5Si. The third-order valence-electron chi connectivity index (χ3n) is 6.64. The van der Waals surface area contributed by atoms with Gasteiger partial charge in [0.15, 0.2) is 8.32 Å². The van der Waals surface area contributed by atoms with Gasteiger partial charge in [0.2, 0.25) is 0 Å². The minimum Gasteiger partial charge on any atom is -0.465 e. The molecule has 1 amide bonds. The van der Waals surface area contributed by atoms with Crippen molar-refractivity contribution in [3.05, 3.63) is 11.5 Å². The molecule has 0 spiro atoms. The van der Waals surface area contributed by atoms with Crippen LogP contribution < -0.4 is 0 Å². The summed E-state index contributed by atoms with van der Waals surface area (Å²) in [5.41, 5.74) is 0.231. The van der Waals surface area contributed by atoms with Gasteiger partial charge in [0, 0.05) is 6.54 Å². The topological polar surface area (TPSA) is 68.2 Å². The molecule has 27 heavy (non-hydrogen) atoms. The number of hydrogen-bond donors (Lipinski definition) is 1. The van der Waals surface area contributed by atoms with Gasteiger partial charge in [0.1, 0.15) is 0 Å². The van der Waals surface area contributed by atoms with Crippen LogP contribution in [0.1, 0.15) is 54.9 Å². The SMILES string of the molecule is CC1(C)OB(/C=C2/C[C@@H](CO[Si](C)(C)C(C)(C)C)N(C(=O)O)C2)OC1(C)C. The lowest BCUT2D eigenvalue weighted by atomic mass is 9.86. The fourth-order valence-electron chi connectivity index (χ4n) is 2.99. The average Bonchev–Trinajstić information content (AvgIpc) is 2.94. The second-order valence-electron chi connectivity index (χ2n) is 10.3. The van der Waals surface area contributed by atoms with Crippen LogP contribution in [0.5, 0.6) is 0 Å². The minimum atomic E-state index is -1.92. The van der Waals surface area contributed by atoms with Crippen molar-refractivity contribution in [1.29, 1.82) is 0 Å². The van der Waals surface area contributed by atoms with E-state index in [1.807, 2.05) is 33.7 Å². The predicted octanol–water partition coefficient (Wildman–Crippen LogP) is 4.32. The van der Waals surface area contributed by atoms with Gasteiger partial charge in [-0.1, -0.05) is 32.3 Å². The fraction of sp³-hybridized carbons (Fsp3) is 0.842. The van der Waals surface area contributed by atoms with Crippen molar-refractivity contribution in [1.82, 2.24) is 4.90 Å². The van der Waals surface area contributed by atoms with Crippen LogP contribution in [0.15, 0.2) is 11.5 Å². The van der Waals surface area contributed by atoms with E-state index in [-0.39, 0.29) is 11.1 Å². The van der Waals surface area contributed by atoms with E-state index in [0.29, 0.717) is 19.6 Å². The Bertz CT molecular complexity index is 596. The molecule has 0 saturated carbocycles. The summed E-state index contributed by atoms with van der Waals surface area (Å²) in [6.07, 6.45) is -0.249. The number of nitrogens with zero attached hydrogens (tertiary/aromatic N) is 1. The summed E-state index contributed by atoms with van der Waals surface area (Å²) >= 11 is 0. The quantitative estimate of drug-likeness (QED) is 0.716. The first kappa shape index (κ1) is 22.5. The van der Waals surface area contributed by atoms with E-state index in [0.717, 1.165) is 5.57 Å². The molecular weight excluding hydrogens is 361 g/mol. The van der Waals surface area contributed by atoms with Crippen molar-refractivity contribution in [2.45, 2.75) is 90.3 Å². The number of carbonyl (C=O) groups is 1. The molecule has 2 heterocycles. The van der Waals surface area contributed by atoms with Gasteiger partial charge >= 0.3 is 13.2 Å². The molecule has 1 atom stereocenters. The van der Waals surface area contributed by atoms with Crippen LogP contribution >= 0.6 is 0 Å². The minimum absolute atomic E-state index is 0.0982. The molecule has 2 saturated heterocycles. The average molecular weight is 397 g/mol. The van der Waals surface area contributed by atoms with Crippen molar-refractivity contribution < 1.29 is 23.6 Å². The normalized spacial score (nSPS) is 26.9. The molecule has 1 N–H and O–H groups in total. The first-order valence-electron chi connectivity index (χ1n) is 9.74. The Morgan fingerprint density at radius 1 is 1.30 bits per heavy atom. The first-order chi connectivity index (χ1) is 12.1. The molecule has 0 aliphatic carbocycles. The standard InChI is InChI=1S/C19H36BNO5Si/c1-17(2,3)27(8,9)24-13-15-10-14(12-21(15)16(22)23)11-20-25-18(4,5)19(6,7)26-20/h11,15H,10,12-13H2,1-9H3,(H,22,23)/b14-11-/t15-/m0/s1. The molecule has 2 aliphatic heterocycles. The summed E-state index contributed by atoms with van der Waals surface area (Å²) < 4.78 is 18.3. The van der Waals surface area contributed by atoms with Crippen LogP contribution in [0.4, 0.5) is 4.79 Å². The maximum atomic E-state index is 11.7. The third-order valence-corrected chi connectivity index (χ3v) is 11.1. The highest BCUT2D eigenvalue weighted by Crippen LogP contribution is 2.39. The number of rotatable bonds is 4. The zero-order valence-corrected chi connectivity index (χ0v) is 19.4. The Hall–Kier alpha value is -0.828. The van der Waals surface area contributed by atoms with Crippen LogP contribution in [0, 0.1) is 0 Å². The molecule has 8 heteroatoms. The van der Waals surface area contributed by atoms with Gasteiger partial charge in [-0.25, -0.2) is 4.79 Å². The van der Waals surface area contributed by atoms with Gasteiger partial charge in [-0.2, -0.15) is 0 Å². The Balaban J connectivity index is 2.08. The molecule has 2 fully saturated rings. The Morgan fingerprint density at radius 2 is 1.81 bits per heavy atom. The van der Waals surface area contributed by atoms with E-state index < -0.39 is 32.7 Å². The second-order valence-corrected chi connectivity index (χ2v) is 15.1. The lowest BCUT2D eigenvalue weighted by molar-refractivity contribution is 0.00578. The number of likely N-dealkylation sites (tertiary alicyclic amines) is 1. The summed E-state index contributed by atoms with van der Waals surface area (Å²) in [4.78, 5) is 13.2. The summed E-state index contributed by atoms with van der Waals surface area (Å²) in [5.74, 6) is 1.94. The lowest BCUT2D eigenvalue weighted by Crippen LogP contribution is -2.45. The second kappa shape index (κ2) is 7.21. The molecule has 0 aromatic rings. The zero-order valence-electron chi connectivity index (χ0n) is 18.4. The number of amides is 1. The van der Waals surface area contributed by atoms with Gasteiger partial charge in [0.25, 0.3) is 0 Å². The van der Waals surface area contributed by atoms with Gasteiger partial charge in [-0.3, -0.25) is 4.90 Å². The first-order valence-corrected chi connectivity index (χ1v) is 12.7. The lowest BCUT2D eigenvalue weighted by Gasteiger charge is -2.37. The number of carboxylic acid groups (broad SMARTS) is 1. The molecule has 2 rings (SSSR count). The summed E-state index contributed by atoms with van der Waals surface area (Å²) in [7, 11) is -2.36. The molecule has 0 aromatic carbocycles. The maximum absolute atomic E-state index is 11.7. The molecule has 154 valence electrons. The van der Waals surface area contributed by atoms with Crippen molar-refractivity contribution >= 4 is 21.5 Å². The molecule has 2 aliphatic rings. The Kier molecular flexibility index (Phi) is 6.00. The summed E-state index contributed by atoms with van der Waals surface area (Å²) in [5, 5.41) is 9.71. The van der Waals surface area contributed by atoms with Crippen molar-refractivity contribution in [2.75, 3.05) is 13.2 Å². The Morgan fingerprint density at radius 3 is 2.26 bits per heavy atom. The largest absolute Gasteiger partial charge is 0.487 e. The molecule has 0 unspecified atom stereocenters. The van der Waals surface area contributed by atoms with E-state index in [4.69, 9.17) is 13.7 Å². The van der Waals surface area contributed by atoms with Gasteiger partial charge < -0.3 is 18.8 Å². The molecule has 0 aromatic heterocycles. The maximum Gasteiger partial charge on any atom is 0.487 e. The summed E-state index contributed by atoms with van der Waals surface area (Å²) in [6, 6.07) is -0.162.